The van der Waals surface area contributed by atoms with Crippen LogP contribution >= 0.6 is 11.3 Å². The molecule has 0 aliphatic carbocycles. The number of carbonyl (C=O) groups is 1. The van der Waals surface area contributed by atoms with Gasteiger partial charge in [-0.05, 0) is 56.2 Å². The van der Waals surface area contributed by atoms with E-state index in [0.717, 1.165) is 11.1 Å². The highest BCUT2D eigenvalue weighted by atomic mass is 32.1. The largest absolute Gasteiger partial charge is 0.369 e. The fourth-order valence-corrected chi connectivity index (χ4v) is 4.81. The van der Waals surface area contributed by atoms with Gasteiger partial charge in [-0.15, -0.1) is 17.3 Å². The summed E-state index contributed by atoms with van der Waals surface area (Å²) in [5.41, 5.74) is 8.59. The molecule has 4 nitrogen and oxygen atoms in total. The van der Waals surface area contributed by atoms with Crippen LogP contribution in [0.15, 0.2) is 35.3 Å². The number of aliphatic imine (C=N–C) groups is 1. The van der Waals surface area contributed by atoms with Gasteiger partial charge in [0.1, 0.15) is 0 Å². The molecular weight excluding hydrogens is 354 g/mol. The van der Waals surface area contributed by atoms with Gasteiger partial charge >= 0.3 is 0 Å². The number of fused-ring (bicyclic) bond motifs is 3. The average molecular weight is 375 g/mol. The van der Waals surface area contributed by atoms with E-state index < -0.39 is 5.54 Å². The molecule has 0 fully saturated rings. The first-order chi connectivity index (χ1) is 12.8. The Morgan fingerprint density at radius 3 is 2.74 bits per heavy atom. The SMILES string of the molecule is CC#Cc1cc(C)c2sc3ccc([C@]4(C)CC(=O)N(C)C(N)=N4)cc3c2c1. The van der Waals surface area contributed by atoms with Crippen LogP contribution in [-0.2, 0) is 10.3 Å². The Bertz CT molecular complexity index is 1190. The van der Waals surface area contributed by atoms with Crippen LogP contribution in [0, 0.1) is 18.8 Å². The molecule has 2 N–H and O–H groups in total. The minimum absolute atomic E-state index is 0.0170. The van der Waals surface area contributed by atoms with Crippen molar-refractivity contribution in [1.82, 2.24) is 4.90 Å². The summed E-state index contributed by atoms with van der Waals surface area (Å²) in [5.74, 6) is 6.39. The molecule has 4 rings (SSSR count). The summed E-state index contributed by atoms with van der Waals surface area (Å²) in [7, 11) is 1.66. The summed E-state index contributed by atoms with van der Waals surface area (Å²) in [4.78, 5) is 18.4. The van der Waals surface area contributed by atoms with E-state index in [1.54, 1.807) is 18.4 Å². The number of carbonyl (C=O) groups excluding carboxylic acids is 1. The van der Waals surface area contributed by atoms with Crippen LogP contribution in [-0.4, -0.2) is 23.8 Å². The van der Waals surface area contributed by atoms with Gasteiger partial charge < -0.3 is 5.73 Å². The summed E-state index contributed by atoms with van der Waals surface area (Å²) >= 11 is 1.79. The number of amides is 1. The molecule has 1 atom stereocenters. The van der Waals surface area contributed by atoms with E-state index in [2.05, 4.69) is 54.1 Å². The number of aryl methyl sites for hydroxylation is 1. The Morgan fingerprint density at radius 2 is 2.04 bits per heavy atom. The first-order valence-corrected chi connectivity index (χ1v) is 9.66. The summed E-state index contributed by atoms with van der Waals surface area (Å²) in [6.45, 7) is 5.95. The Morgan fingerprint density at radius 1 is 1.26 bits per heavy atom. The zero-order chi connectivity index (χ0) is 19.3. The second kappa shape index (κ2) is 6.11. The van der Waals surface area contributed by atoms with E-state index in [4.69, 9.17) is 5.73 Å². The molecule has 1 amide bonds. The highest BCUT2D eigenvalue weighted by molar-refractivity contribution is 7.26. The molecule has 1 aliphatic rings. The van der Waals surface area contributed by atoms with E-state index in [1.807, 2.05) is 13.8 Å². The summed E-state index contributed by atoms with van der Waals surface area (Å²) < 4.78 is 2.50. The maximum absolute atomic E-state index is 12.3. The van der Waals surface area contributed by atoms with E-state index in [-0.39, 0.29) is 11.9 Å². The molecule has 0 spiro atoms. The predicted molar refractivity (Wildman–Crippen MR) is 113 cm³/mol. The van der Waals surface area contributed by atoms with Gasteiger partial charge in [-0.25, -0.2) is 4.99 Å². The van der Waals surface area contributed by atoms with Crippen molar-refractivity contribution in [3.8, 4) is 11.8 Å². The minimum atomic E-state index is -0.647. The lowest BCUT2D eigenvalue weighted by Gasteiger charge is -2.33. The lowest BCUT2D eigenvalue weighted by Crippen LogP contribution is -2.47. The van der Waals surface area contributed by atoms with Crippen LogP contribution < -0.4 is 5.73 Å². The van der Waals surface area contributed by atoms with E-state index in [0.29, 0.717) is 6.42 Å². The van der Waals surface area contributed by atoms with Crippen LogP contribution in [0.2, 0.25) is 0 Å². The number of benzene rings is 2. The third-order valence-electron chi connectivity index (χ3n) is 5.22. The average Bonchev–Trinajstić information content (AvgIpc) is 2.99. The number of nitrogens with two attached hydrogens (primary N) is 1. The van der Waals surface area contributed by atoms with Crippen LogP contribution in [0.4, 0.5) is 0 Å². The van der Waals surface area contributed by atoms with Gasteiger partial charge in [0.05, 0.1) is 12.0 Å². The van der Waals surface area contributed by atoms with Gasteiger partial charge in [0.2, 0.25) is 5.91 Å². The van der Waals surface area contributed by atoms with Crippen molar-refractivity contribution >= 4 is 43.4 Å². The molecule has 27 heavy (non-hydrogen) atoms. The van der Waals surface area contributed by atoms with Gasteiger partial charge in [0.25, 0.3) is 0 Å². The summed E-state index contributed by atoms with van der Waals surface area (Å²) in [6, 6.07) is 10.6. The van der Waals surface area contributed by atoms with Crippen molar-refractivity contribution in [2.24, 2.45) is 10.7 Å². The first kappa shape index (κ1) is 17.6. The van der Waals surface area contributed by atoms with Crippen molar-refractivity contribution in [2.45, 2.75) is 32.7 Å². The molecule has 0 unspecified atom stereocenters. The fraction of sp³-hybridized carbons (Fsp3) is 0.273. The quantitative estimate of drug-likeness (QED) is 0.650. The molecule has 5 heteroatoms. The molecule has 2 aromatic carbocycles. The van der Waals surface area contributed by atoms with Crippen LogP contribution in [0.25, 0.3) is 20.2 Å². The van der Waals surface area contributed by atoms with Gasteiger partial charge in [-0.3, -0.25) is 9.69 Å². The van der Waals surface area contributed by atoms with Gasteiger partial charge in [0.15, 0.2) is 5.96 Å². The molecular formula is C22H21N3OS. The topological polar surface area (TPSA) is 58.7 Å². The smallest absolute Gasteiger partial charge is 0.231 e. The lowest BCUT2D eigenvalue weighted by molar-refractivity contribution is -0.128. The molecule has 0 saturated carbocycles. The molecule has 1 aliphatic heterocycles. The molecule has 1 aromatic heterocycles. The van der Waals surface area contributed by atoms with Gasteiger partial charge in [0, 0.05) is 32.8 Å². The van der Waals surface area contributed by atoms with E-state index in [9.17, 15) is 4.79 Å². The highest BCUT2D eigenvalue weighted by Crippen LogP contribution is 2.40. The normalized spacial score (nSPS) is 19.9. The third kappa shape index (κ3) is 2.77. The molecule has 0 saturated heterocycles. The molecule has 136 valence electrons. The standard InChI is InChI=1S/C22H21N3OS/c1-5-6-14-9-13(2)20-17(10-14)16-11-15(7-8-18(16)27-20)22(3)12-19(26)25(4)21(23)24-22/h7-11H,12H2,1-4H3,(H2,23,24)/t22-/m0/s1. The second-order valence-corrected chi connectivity index (χ2v) is 8.28. The van der Waals surface area contributed by atoms with Gasteiger partial charge in [-0.2, -0.15) is 0 Å². The van der Waals surface area contributed by atoms with E-state index >= 15 is 0 Å². The van der Waals surface area contributed by atoms with Gasteiger partial charge in [-0.1, -0.05) is 12.0 Å². The van der Waals surface area contributed by atoms with Crippen molar-refractivity contribution < 1.29 is 4.79 Å². The van der Waals surface area contributed by atoms with Crippen LogP contribution in [0.3, 0.4) is 0 Å². The number of hydrogen-bond donors (Lipinski definition) is 1. The Labute approximate surface area is 162 Å². The van der Waals surface area contributed by atoms with Crippen molar-refractivity contribution in [3.63, 3.8) is 0 Å². The highest BCUT2D eigenvalue weighted by Gasteiger charge is 2.36. The Hall–Kier alpha value is -2.84. The summed E-state index contributed by atoms with van der Waals surface area (Å²) in [5, 5.41) is 2.38. The molecule has 0 bridgehead atoms. The molecule has 3 aromatic rings. The number of guanidine groups is 1. The fourth-order valence-electron chi connectivity index (χ4n) is 3.68. The minimum Gasteiger partial charge on any atom is -0.369 e. The third-order valence-corrected chi connectivity index (χ3v) is 6.54. The molecule has 2 heterocycles. The lowest BCUT2D eigenvalue weighted by atomic mass is 9.87. The van der Waals surface area contributed by atoms with Crippen molar-refractivity contribution in [3.05, 3.63) is 47.0 Å². The van der Waals surface area contributed by atoms with Crippen LogP contribution in [0.5, 0.6) is 0 Å². The van der Waals surface area contributed by atoms with Crippen molar-refractivity contribution in [2.75, 3.05) is 7.05 Å². The zero-order valence-corrected chi connectivity index (χ0v) is 16.7. The Kier molecular flexibility index (Phi) is 3.97. The predicted octanol–water partition coefficient (Wildman–Crippen LogP) is 4.13. The van der Waals surface area contributed by atoms with Crippen LogP contribution in [0.1, 0.15) is 37.0 Å². The summed E-state index contributed by atoms with van der Waals surface area (Å²) in [6.07, 6.45) is 0.309. The number of hydrogen-bond acceptors (Lipinski definition) is 4. The second-order valence-electron chi connectivity index (χ2n) is 7.23. The number of thiophene rings is 1. The monoisotopic (exact) mass is 375 g/mol. The zero-order valence-electron chi connectivity index (χ0n) is 15.9. The van der Waals surface area contributed by atoms with Crippen molar-refractivity contribution in [1.29, 1.82) is 0 Å². The molecule has 0 radical (unpaired) electrons. The Balaban J connectivity index is 1.95. The number of nitrogens with zero attached hydrogens (tertiary/aromatic N) is 2. The number of rotatable bonds is 1. The maximum Gasteiger partial charge on any atom is 0.231 e. The van der Waals surface area contributed by atoms with E-state index in [1.165, 1.54) is 30.6 Å². The maximum atomic E-state index is 12.3. The first-order valence-electron chi connectivity index (χ1n) is 8.84.